The van der Waals surface area contributed by atoms with E-state index in [0.717, 1.165) is 0 Å². The van der Waals surface area contributed by atoms with Crippen LogP contribution in [0.5, 0.6) is 0 Å². The van der Waals surface area contributed by atoms with Gasteiger partial charge in [0.1, 0.15) is 6.04 Å². The highest BCUT2D eigenvalue weighted by Crippen LogP contribution is 1.99. The highest BCUT2D eigenvalue weighted by Gasteiger charge is 2.20. The van der Waals surface area contributed by atoms with Gasteiger partial charge in [-0.2, -0.15) is 0 Å². The number of amides is 1. The lowest BCUT2D eigenvalue weighted by Crippen LogP contribution is -2.52. The second kappa shape index (κ2) is 5.81. The van der Waals surface area contributed by atoms with E-state index in [1.165, 1.54) is 0 Å². The van der Waals surface area contributed by atoms with Crippen LogP contribution < -0.4 is 16.4 Å². The van der Waals surface area contributed by atoms with E-state index < -0.39 is 18.1 Å². The lowest BCUT2D eigenvalue weighted by Gasteiger charge is -2.24. The molecule has 0 bridgehead atoms. The molecule has 0 aromatic rings. The Kier molecular flexibility index (Phi) is 5.40. The zero-order valence-corrected chi connectivity index (χ0v) is 10.2. The first-order chi connectivity index (χ1) is 7.13. The van der Waals surface area contributed by atoms with Crippen LogP contribution in [0.2, 0.25) is 0 Å². The second-order valence-corrected chi connectivity index (χ2v) is 4.81. The maximum absolute atomic E-state index is 11.6. The van der Waals surface area contributed by atoms with Crippen LogP contribution in [-0.4, -0.2) is 41.2 Å². The molecule has 94 valence electrons. The fourth-order valence-electron chi connectivity index (χ4n) is 0.962. The topological polar surface area (TPSA) is 104 Å². The molecule has 0 rings (SSSR count). The first kappa shape index (κ1) is 14.9. The summed E-state index contributed by atoms with van der Waals surface area (Å²) in [5.74, 6) is -1.26. The van der Waals surface area contributed by atoms with Crippen molar-refractivity contribution in [2.24, 2.45) is 5.73 Å². The van der Waals surface area contributed by atoms with Crippen LogP contribution >= 0.6 is 0 Å². The van der Waals surface area contributed by atoms with E-state index >= 15 is 0 Å². The average Bonchev–Trinajstić information content (AvgIpc) is 2.10. The van der Waals surface area contributed by atoms with Crippen LogP contribution in [-0.2, 0) is 9.59 Å². The minimum atomic E-state index is -1.09. The Morgan fingerprint density at radius 1 is 1.38 bits per heavy atom. The third-order valence-electron chi connectivity index (χ3n) is 1.85. The Balaban J connectivity index is 4.02. The van der Waals surface area contributed by atoms with Gasteiger partial charge in [0.15, 0.2) is 0 Å². The molecular formula is C10H21N3O3. The minimum absolute atomic E-state index is 0.0636. The molecule has 6 heteroatoms. The summed E-state index contributed by atoms with van der Waals surface area (Å²) in [6, 6.07) is -1.46. The lowest BCUT2D eigenvalue weighted by atomic mass is 10.1. The molecule has 0 aromatic carbocycles. The van der Waals surface area contributed by atoms with Crippen molar-refractivity contribution in [1.29, 1.82) is 0 Å². The number of hydrogen-bond acceptors (Lipinski definition) is 4. The summed E-state index contributed by atoms with van der Waals surface area (Å²) in [5.41, 5.74) is 4.99. The minimum Gasteiger partial charge on any atom is -0.480 e. The molecule has 6 nitrogen and oxygen atoms in total. The maximum Gasteiger partial charge on any atom is 0.321 e. The van der Waals surface area contributed by atoms with E-state index in [0.29, 0.717) is 0 Å². The zero-order valence-electron chi connectivity index (χ0n) is 10.2. The highest BCUT2D eigenvalue weighted by atomic mass is 16.4. The molecule has 0 fully saturated rings. The summed E-state index contributed by atoms with van der Waals surface area (Å²) in [4.78, 5) is 22.0. The van der Waals surface area contributed by atoms with Crippen LogP contribution in [0.25, 0.3) is 0 Å². The molecule has 0 aliphatic heterocycles. The van der Waals surface area contributed by atoms with Gasteiger partial charge >= 0.3 is 5.97 Å². The van der Waals surface area contributed by atoms with Crippen LogP contribution in [0.4, 0.5) is 0 Å². The largest absolute Gasteiger partial charge is 0.480 e. The van der Waals surface area contributed by atoms with Gasteiger partial charge in [0.2, 0.25) is 5.91 Å². The number of carbonyl (C=O) groups is 2. The predicted octanol–water partition coefficient (Wildman–Crippen LogP) is -0.709. The lowest BCUT2D eigenvalue weighted by molar-refractivity contribution is -0.138. The number of carboxylic acid groups (broad SMARTS) is 1. The third kappa shape index (κ3) is 6.36. The molecular weight excluding hydrogens is 210 g/mol. The number of aliphatic carboxylic acids is 1. The molecule has 0 spiro atoms. The van der Waals surface area contributed by atoms with Crippen molar-refractivity contribution in [3.8, 4) is 0 Å². The zero-order chi connectivity index (χ0) is 12.9. The van der Waals surface area contributed by atoms with E-state index in [1.54, 1.807) is 6.92 Å². The van der Waals surface area contributed by atoms with Gasteiger partial charge in [0, 0.05) is 12.1 Å². The van der Waals surface area contributed by atoms with Crippen molar-refractivity contribution in [1.82, 2.24) is 10.6 Å². The van der Waals surface area contributed by atoms with Crippen molar-refractivity contribution >= 4 is 11.9 Å². The monoisotopic (exact) mass is 231 g/mol. The summed E-state index contributed by atoms with van der Waals surface area (Å²) in [7, 11) is 0. The van der Waals surface area contributed by atoms with E-state index in [9.17, 15) is 9.59 Å². The fraction of sp³-hybridized carbons (Fsp3) is 0.800. The molecule has 0 radical (unpaired) electrons. The molecule has 0 aliphatic carbocycles. The molecule has 0 saturated carbocycles. The number of carbonyl (C=O) groups excluding carboxylic acids is 1. The average molecular weight is 231 g/mol. The van der Waals surface area contributed by atoms with Crippen molar-refractivity contribution < 1.29 is 14.7 Å². The number of hydrogen-bond donors (Lipinski definition) is 4. The summed E-state index contributed by atoms with van der Waals surface area (Å²) >= 11 is 0. The molecule has 0 aromatic heterocycles. The number of rotatable bonds is 5. The van der Waals surface area contributed by atoms with Gasteiger partial charge in [-0.15, -0.1) is 0 Å². The molecule has 16 heavy (non-hydrogen) atoms. The Labute approximate surface area is 95.6 Å². The summed E-state index contributed by atoms with van der Waals surface area (Å²) < 4.78 is 0. The van der Waals surface area contributed by atoms with Crippen molar-refractivity contribution in [2.75, 3.05) is 6.54 Å². The highest BCUT2D eigenvalue weighted by molar-refractivity contribution is 5.82. The predicted molar refractivity (Wildman–Crippen MR) is 61.0 cm³/mol. The van der Waals surface area contributed by atoms with Crippen molar-refractivity contribution in [2.45, 2.75) is 45.3 Å². The van der Waals surface area contributed by atoms with Crippen LogP contribution in [0.15, 0.2) is 0 Å². The molecule has 5 N–H and O–H groups in total. The smallest absolute Gasteiger partial charge is 0.321 e. The van der Waals surface area contributed by atoms with E-state index in [-0.39, 0.29) is 18.0 Å². The van der Waals surface area contributed by atoms with Gasteiger partial charge in [0.25, 0.3) is 0 Å². The van der Waals surface area contributed by atoms with Crippen molar-refractivity contribution in [3.63, 3.8) is 0 Å². The maximum atomic E-state index is 11.6. The van der Waals surface area contributed by atoms with Gasteiger partial charge in [-0.25, -0.2) is 0 Å². The number of carboxylic acids is 1. The Bertz CT molecular complexity index is 261. The number of nitrogens with two attached hydrogens (primary N) is 1. The van der Waals surface area contributed by atoms with Crippen LogP contribution in [0, 0.1) is 0 Å². The second-order valence-electron chi connectivity index (χ2n) is 4.81. The van der Waals surface area contributed by atoms with Crippen LogP contribution in [0.3, 0.4) is 0 Å². The number of nitrogens with one attached hydrogen (secondary N) is 2. The van der Waals surface area contributed by atoms with Gasteiger partial charge in [0.05, 0.1) is 6.04 Å². The van der Waals surface area contributed by atoms with Crippen molar-refractivity contribution in [3.05, 3.63) is 0 Å². The van der Waals surface area contributed by atoms with E-state index in [2.05, 4.69) is 10.6 Å². The standard InChI is InChI=1S/C10H21N3O3/c1-6(8(14)13-10(2,3)4)12-5-7(11)9(15)16/h6-7,12H,5,11H2,1-4H3,(H,13,14)(H,15,16). The first-order valence-corrected chi connectivity index (χ1v) is 5.17. The van der Waals surface area contributed by atoms with E-state index in [4.69, 9.17) is 10.8 Å². The molecule has 0 saturated heterocycles. The van der Waals surface area contributed by atoms with Gasteiger partial charge < -0.3 is 21.5 Å². The Morgan fingerprint density at radius 3 is 2.25 bits per heavy atom. The molecule has 2 atom stereocenters. The Hall–Kier alpha value is -1.14. The summed E-state index contributed by atoms with van der Waals surface area (Å²) in [5, 5.41) is 14.1. The molecule has 1 amide bonds. The van der Waals surface area contributed by atoms with Gasteiger partial charge in [-0.1, -0.05) is 0 Å². The van der Waals surface area contributed by atoms with Gasteiger partial charge in [-0.3, -0.25) is 9.59 Å². The van der Waals surface area contributed by atoms with Crippen LogP contribution in [0.1, 0.15) is 27.7 Å². The third-order valence-corrected chi connectivity index (χ3v) is 1.85. The fourth-order valence-corrected chi connectivity index (χ4v) is 0.962. The molecule has 2 unspecified atom stereocenters. The Morgan fingerprint density at radius 2 is 1.88 bits per heavy atom. The summed E-state index contributed by atoms with van der Waals surface area (Å²) in [6.45, 7) is 7.35. The quantitative estimate of drug-likeness (QED) is 0.500. The first-order valence-electron chi connectivity index (χ1n) is 5.17. The normalized spacial score (nSPS) is 15.3. The molecule has 0 heterocycles. The molecule has 0 aliphatic rings. The summed E-state index contributed by atoms with van der Waals surface area (Å²) in [6.07, 6.45) is 0. The SMILES string of the molecule is CC(NCC(N)C(=O)O)C(=O)NC(C)(C)C. The van der Waals surface area contributed by atoms with Gasteiger partial charge in [-0.05, 0) is 27.7 Å². The van der Waals surface area contributed by atoms with E-state index in [1.807, 2.05) is 20.8 Å².